The van der Waals surface area contributed by atoms with Crippen LogP contribution in [-0.2, 0) is 9.53 Å². The number of phenols is 1. The summed E-state index contributed by atoms with van der Waals surface area (Å²) >= 11 is 0. The van der Waals surface area contributed by atoms with Crippen LogP contribution in [0.5, 0.6) is 11.5 Å². The molecule has 1 rings (SSSR count). The fourth-order valence-electron chi connectivity index (χ4n) is 1.30. The Morgan fingerprint density at radius 2 is 2.25 bits per heavy atom. The van der Waals surface area contributed by atoms with Gasteiger partial charge < -0.3 is 14.6 Å². The smallest absolute Gasteiger partial charge is 0.303 e. The van der Waals surface area contributed by atoms with E-state index in [1.165, 1.54) is 26.2 Å². The Labute approximate surface area is 94.1 Å². The van der Waals surface area contributed by atoms with E-state index in [-0.39, 0.29) is 5.75 Å². The van der Waals surface area contributed by atoms with Crippen LogP contribution in [0.3, 0.4) is 0 Å². The lowest BCUT2D eigenvalue weighted by atomic mass is 10.1. The Hall–Kier alpha value is -1.97. The first-order valence-corrected chi connectivity index (χ1v) is 4.75. The Morgan fingerprint density at radius 3 is 2.75 bits per heavy atom. The van der Waals surface area contributed by atoms with Crippen LogP contribution in [0.4, 0.5) is 0 Å². The number of methoxy groups -OCH3 is 1. The van der Waals surface area contributed by atoms with Crippen molar-refractivity contribution in [2.75, 3.05) is 7.11 Å². The highest BCUT2D eigenvalue weighted by atomic mass is 16.5. The third kappa shape index (κ3) is 2.76. The van der Waals surface area contributed by atoms with Gasteiger partial charge in [0, 0.05) is 12.5 Å². The van der Waals surface area contributed by atoms with Crippen molar-refractivity contribution in [2.24, 2.45) is 0 Å². The molecule has 0 fully saturated rings. The van der Waals surface area contributed by atoms with Crippen LogP contribution < -0.4 is 4.74 Å². The zero-order chi connectivity index (χ0) is 12.1. The van der Waals surface area contributed by atoms with Crippen molar-refractivity contribution in [1.29, 1.82) is 0 Å². The Balaban J connectivity index is 3.01. The number of phenolic OH excluding ortho intramolecular Hbond substituents is 1. The molecule has 86 valence electrons. The molecule has 1 atom stereocenters. The largest absolute Gasteiger partial charge is 0.504 e. The lowest BCUT2D eigenvalue weighted by molar-refractivity contribution is -0.144. The van der Waals surface area contributed by atoms with Gasteiger partial charge in [0.15, 0.2) is 11.5 Å². The van der Waals surface area contributed by atoms with Gasteiger partial charge in [0.2, 0.25) is 0 Å². The number of carbonyl (C=O) groups excluding carboxylic acids is 1. The van der Waals surface area contributed by atoms with E-state index >= 15 is 0 Å². The predicted molar refractivity (Wildman–Crippen MR) is 59.4 cm³/mol. The Kier molecular flexibility index (Phi) is 3.94. The zero-order valence-corrected chi connectivity index (χ0v) is 9.27. The summed E-state index contributed by atoms with van der Waals surface area (Å²) in [5.74, 6) is -0.0228. The Morgan fingerprint density at radius 1 is 1.56 bits per heavy atom. The van der Waals surface area contributed by atoms with Crippen LogP contribution >= 0.6 is 0 Å². The van der Waals surface area contributed by atoms with E-state index in [9.17, 15) is 9.90 Å². The fourth-order valence-corrected chi connectivity index (χ4v) is 1.30. The molecule has 0 heterocycles. The number of hydrogen-bond acceptors (Lipinski definition) is 4. The van der Waals surface area contributed by atoms with Crippen LogP contribution in [0.15, 0.2) is 30.9 Å². The molecule has 0 saturated heterocycles. The minimum atomic E-state index is -0.535. The standard InChI is InChI=1S/C12H14O4/c1-4-11(16-8(2)13)9-5-6-10(14)12(7-9)15-3/h4-7,11,14H,1H2,2-3H3. The van der Waals surface area contributed by atoms with E-state index in [0.29, 0.717) is 11.3 Å². The lowest BCUT2D eigenvalue weighted by Gasteiger charge is -2.14. The monoisotopic (exact) mass is 222 g/mol. The van der Waals surface area contributed by atoms with Gasteiger partial charge in [-0.3, -0.25) is 4.79 Å². The van der Waals surface area contributed by atoms with Gasteiger partial charge in [-0.1, -0.05) is 12.6 Å². The highest BCUT2D eigenvalue weighted by Crippen LogP contribution is 2.30. The normalized spacial score (nSPS) is 11.6. The predicted octanol–water partition coefficient (Wildman–Crippen LogP) is 2.19. The van der Waals surface area contributed by atoms with Crippen molar-refractivity contribution in [3.63, 3.8) is 0 Å². The van der Waals surface area contributed by atoms with Crippen molar-refractivity contribution >= 4 is 5.97 Å². The van der Waals surface area contributed by atoms with Gasteiger partial charge in [0.25, 0.3) is 0 Å². The SMILES string of the molecule is C=CC(OC(C)=O)c1ccc(O)c(OC)c1. The molecule has 0 aliphatic carbocycles. The second-order valence-electron chi connectivity index (χ2n) is 3.20. The summed E-state index contributed by atoms with van der Waals surface area (Å²) in [5.41, 5.74) is 0.694. The second kappa shape index (κ2) is 5.21. The number of carbonyl (C=O) groups is 1. The summed E-state index contributed by atoms with van der Waals surface area (Å²) in [7, 11) is 1.45. The van der Waals surface area contributed by atoms with Crippen LogP contribution in [0.1, 0.15) is 18.6 Å². The third-order valence-electron chi connectivity index (χ3n) is 2.04. The highest BCUT2D eigenvalue weighted by Gasteiger charge is 2.13. The molecule has 0 bridgehead atoms. The molecule has 1 aromatic carbocycles. The average Bonchev–Trinajstić information content (AvgIpc) is 2.26. The first-order valence-electron chi connectivity index (χ1n) is 4.75. The van der Waals surface area contributed by atoms with Crippen molar-refractivity contribution in [3.05, 3.63) is 36.4 Å². The minimum absolute atomic E-state index is 0.0388. The molecule has 1 aromatic rings. The summed E-state index contributed by atoms with van der Waals surface area (Å²) in [6, 6.07) is 4.73. The van der Waals surface area contributed by atoms with Gasteiger partial charge in [-0.15, -0.1) is 0 Å². The molecule has 1 N–H and O–H groups in total. The maximum atomic E-state index is 10.9. The average molecular weight is 222 g/mol. The molecule has 0 aliphatic rings. The molecule has 0 saturated carbocycles. The van der Waals surface area contributed by atoms with E-state index in [4.69, 9.17) is 9.47 Å². The molecule has 4 nitrogen and oxygen atoms in total. The van der Waals surface area contributed by atoms with Gasteiger partial charge in [-0.25, -0.2) is 0 Å². The molecule has 0 radical (unpaired) electrons. The summed E-state index contributed by atoms with van der Waals surface area (Å²) in [5, 5.41) is 9.41. The molecular formula is C12H14O4. The quantitative estimate of drug-likeness (QED) is 0.626. The zero-order valence-electron chi connectivity index (χ0n) is 9.27. The van der Waals surface area contributed by atoms with Gasteiger partial charge in [-0.05, 0) is 18.2 Å². The number of hydrogen-bond donors (Lipinski definition) is 1. The topological polar surface area (TPSA) is 55.8 Å². The van der Waals surface area contributed by atoms with E-state index < -0.39 is 12.1 Å². The van der Waals surface area contributed by atoms with E-state index in [2.05, 4.69) is 6.58 Å². The van der Waals surface area contributed by atoms with Crippen molar-refractivity contribution in [1.82, 2.24) is 0 Å². The molecular weight excluding hydrogens is 208 g/mol. The first-order chi connectivity index (χ1) is 7.58. The summed E-state index contributed by atoms with van der Waals surface area (Å²) in [4.78, 5) is 10.9. The Bertz CT molecular complexity index is 398. The molecule has 0 spiro atoms. The van der Waals surface area contributed by atoms with Gasteiger partial charge >= 0.3 is 5.97 Å². The summed E-state index contributed by atoms with van der Waals surface area (Å²) < 4.78 is 9.99. The first kappa shape index (κ1) is 12.1. The fraction of sp³-hybridized carbons (Fsp3) is 0.250. The van der Waals surface area contributed by atoms with Crippen LogP contribution in [0.25, 0.3) is 0 Å². The van der Waals surface area contributed by atoms with Crippen LogP contribution in [0, 0.1) is 0 Å². The minimum Gasteiger partial charge on any atom is -0.504 e. The molecule has 4 heteroatoms. The molecule has 1 unspecified atom stereocenters. The number of ether oxygens (including phenoxy) is 2. The number of rotatable bonds is 4. The van der Waals surface area contributed by atoms with E-state index in [1.807, 2.05) is 0 Å². The summed E-state index contributed by atoms with van der Waals surface area (Å²) in [6.45, 7) is 4.92. The molecule has 16 heavy (non-hydrogen) atoms. The maximum absolute atomic E-state index is 10.9. The van der Waals surface area contributed by atoms with Gasteiger partial charge in [0.1, 0.15) is 6.10 Å². The van der Waals surface area contributed by atoms with Gasteiger partial charge in [0.05, 0.1) is 7.11 Å². The van der Waals surface area contributed by atoms with E-state index in [1.54, 1.807) is 12.1 Å². The van der Waals surface area contributed by atoms with E-state index in [0.717, 1.165) is 0 Å². The van der Waals surface area contributed by atoms with Crippen LogP contribution in [-0.4, -0.2) is 18.2 Å². The van der Waals surface area contributed by atoms with Crippen molar-refractivity contribution < 1.29 is 19.4 Å². The summed E-state index contributed by atoms with van der Waals surface area (Å²) in [6.07, 6.45) is 0.972. The molecule has 0 amide bonds. The van der Waals surface area contributed by atoms with Crippen molar-refractivity contribution in [2.45, 2.75) is 13.0 Å². The molecule has 0 aromatic heterocycles. The number of esters is 1. The van der Waals surface area contributed by atoms with Crippen LogP contribution in [0.2, 0.25) is 0 Å². The highest BCUT2D eigenvalue weighted by molar-refractivity contribution is 5.66. The third-order valence-corrected chi connectivity index (χ3v) is 2.04. The second-order valence-corrected chi connectivity index (χ2v) is 3.20. The number of aromatic hydroxyl groups is 1. The number of benzene rings is 1. The van der Waals surface area contributed by atoms with Gasteiger partial charge in [-0.2, -0.15) is 0 Å². The lowest BCUT2D eigenvalue weighted by Crippen LogP contribution is -2.05. The van der Waals surface area contributed by atoms with Crippen molar-refractivity contribution in [3.8, 4) is 11.5 Å². The maximum Gasteiger partial charge on any atom is 0.303 e. The molecule has 0 aliphatic heterocycles.